The summed E-state index contributed by atoms with van der Waals surface area (Å²) in [6.45, 7) is 0.360. The topological polar surface area (TPSA) is 78.5 Å². The van der Waals surface area contributed by atoms with Crippen LogP contribution in [0.25, 0.3) is 0 Å². The lowest BCUT2D eigenvalue weighted by atomic mass is 9.82. The Hall–Kier alpha value is -2.02. The third-order valence-electron chi connectivity index (χ3n) is 5.75. The van der Waals surface area contributed by atoms with Gasteiger partial charge in [-0.05, 0) is 37.8 Å². The van der Waals surface area contributed by atoms with Crippen LogP contribution in [0.5, 0.6) is 0 Å². The number of rotatable bonds is 6. The summed E-state index contributed by atoms with van der Waals surface area (Å²) in [7, 11) is 0. The van der Waals surface area contributed by atoms with Crippen molar-refractivity contribution in [1.29, 1.82) is 0 Å². The molecule has 27 heavy (non-hydrogen) atoms. The number of urea groups is 1. The molecular weight excluding hydrogens is 362 g/mol. The highest BCUT2D eigenvalue weighted by atomic mass is 32.2. The Bertz CT molecular complexity index is 742. The average molecular weight is 388 g/mol. The standard InChI is InChI=1S/C20H25N3O3S/c24-16(21-14-19(11-12-19)27-15-7-3-1-4-8-15)13-23-17(25)20(22-18(23)26)9-5-2-6-10-20/h1,3-4,7-8H,2,5-6,9-14H2,(H,21,24)(H,22,26). The van der Waals surface area contributed by atoms with Gasteiger partial charge in [-0.2, -0.15) is 0 Å². The van der Waals surface area contributed by atoms with Crippen LogP contribution < -0.4 is 10.6 Å². The fourth-order valence-corrected chi connectivity index (χ4v) is 5.21. The number of amides is 4. The molecule has 3 fully saturated rings. The van der Waals surface area contributed by atoms with Crippen molar-refractivity contribution < 1.29 is 14.4 Å². The molecule has 2 N–H and O–H groups in total. The smallest absolute Gasteiger partial charge is 0.325 e. The van der Waals surface area contributed by atoms with Crippen molar-refractivity contribution in [2.45, 2.75) is 60.1 Å². The Morgan fingerprint density at radius 2 is 1.78 bits per heavy atom. The minimum absolute atomic E-state index is 0.0406. The summed E-state index contributed by atoms with van der Waals surface area (Å²) in [5.41, 5.74) is -0.767. The van der Waals surface area contributed by atoms with Crippen LogP contribution >= 0.6 is 11.8 Å². The first-order valence-corrected chi connectivity index (χ1v) is 10.5. The summed E-state index contributed by atoms with van der Waals surface area (Å²) < 4.78 is 0.0406. The van der Waals surface area contributed by atoms with Gasteiger partial charge in [0, 0.05) is 16.2 Å². The Morgan fingerprint density at radius 1 is 1.07 bits per heavy atom. The van der Waals surface area contributed by atoms with Gasteiger partial charge in [0.2, 0.25) is 5.91 Å². The molecule has 2 saturated carbocycles. The van der Waals surface area contributed by atoms with E-state index in [2.05, 4.69) is 22.8 Å². The van der Waals surface area contributed by atoms with Gasteiger partial charge in [0.25, 0.3) is 5.91 Å². The van der Waals surface area contributed by atoms with Crippen LogP contribution in [0.15, 0.2) is 35.2 Å². The van der Waals surface area contributed by atoms with Gasteiger partial charge in [0.15, 0.2) is 0 Å². The minimum Gasteiger partial charge on any atom is -0.353 e. The zero-order chi connectivity index (χ0) is 18.9. The molecule has 0 atom stereocenters. The largest absolute Gasteiger partial charge is 0.353 e. The Kier molecular flexibility index (Phi) is 4.88. The van der Waals surface area contributed by atoms with E-state index in [1.165, 1.54) is 4.90 Å². The molecule has 4 rings (SSSR count). The second-order valence-corrected chi connectivity index (χ2v) is 9.38. The molecule has 0 aromatic heterocycles. The molecule has 0 unspecified atom stereocenters. The molecule has 1 aromatic rings. The van der Waals surface area contributed by atoms with Gasteiger partial charge in [-0.15, -0.1) is 11.8 Å². The molecule has 3 aliphatic rings. The van der Waals surface area contributed by atoms with Crippen LogP contribution in [0.2, 0.25) is 0 Å². The highest BCUT2D eigenvalue weighted by Gasteiger charge is 2.51. The summed E-state index contributed by atoms with van der Waals surface area (Å²) >= 11 is 1.79. The van der Waals surface area contributed by atoms with Gasteiger partial charge >= 0.3 is 6.03 Å². The summed E-state index contributed by atoms with van der Waals surface area (Å²) in [6, 6.07) is 9.72. The molecule has 4 amide bonds. The molecule has 6 nitrogen and oxygen atoms in total. The van der Waals surface area contributed by atoms with Crippen LogP contribution in [-0.2, 0) is 9.59 Å². The van der Waals surface area contributed by atoms with Crippen molar-refractivity contribution in [1.82, 2.24) is 15.5 Å². The predicted octanol–water partition coefficient (Wildman–Crippen LogP) is 2.68. The quantitative estimate of drug-likeness (QED) is 0.736. The maximum absolute atomic E-state index is 12.7. The van der Waals surface area contributed by atoms with Crippen molar-refractivity contribution in [3.05, 3.63) is 30.3 Å². The van der Waals surface area contributed by atoms with E-state index < -0.39 is 11.6 Å². The normalized spacial score (nSPS) is 22.6. The van der Waals surface area contributed by atoms with E-state index in [0.717, 1.165) is 37.0 Å². The molecule has 7 heteroatoms. The zero-order valence-corrected chi connectivity index (χ0v) is 16.1. The molecule has 0 radical (unpaired) electrons. The van der Waals surface area contributed by atoms with Gasteiger partial charge in [-0.25, -0.2) is 4.79 Å². The van der Waals surface area contributed by atoms with Gasteiger partial charge in [0.1, 0.15) is 12.1 Å². The third kappa shape index (κ3) is 3.83. The molecule has 144 valence electrons. The molecule has 1 aliphatic heterocycles. The molecule has 0 bridgehead atoms. The maximum atomic E-state index is 12.7. The fourth-order valence-electron chi connectivity index (χ4n) is 3.97. The van der Waals surface area contributed by atoms with Crippen molar-refractivity contribution in [3.8, 4) is 0 Å². The number of nitrogens with one attached hydrogen (secondary N) is 2. The van der Waals surface area contributed by atoms with Gasteiger partial charge in [-0.1, -0.05) is 37.5 Å². The number of carbonyl (C=O) groups excluding carboxylic acids is 3. The van der Waals surface area contributed by atoms with E-state index in [1.807, 2.05) is 18.2 Å². The van der Waals surface area contributed by atoms with Gasteiger partial charge in [-0.3, -0.25) is 14.5 Å². The van der Waals surface area contributed by atoms with E-state index in [1.54, 1.807) is 11.8 Å². The van der Waals surface area contributed by atoms with Crippen LogP contribution in [0.1, 0.15) is 44.9 Å². The first-order chi connectivity index (χ1) is 13.0. The minimum atomic E-state index is -0.767. The fraction of sp³-hybridized carbons (Fsp3) is 0.550. The van der Waals surface area contributed by atoms with Crippen molar-refractivity contribution in [2.75, 3.05) is 13.1 Å². The third-order valence-corrected chi connectivity index (χ3v) is 7.24. The first kappa shape index (κ1) is 18.3. The zero-order valence-electron chi connectivity index (χ0n) is 15.3. The number of imide groups is 1. The summed E-state index contributed by atoms with van der Waals surface area (Å²) in [6.07, 6.45) is 6.42. The highest BCUT2D eigenvalue weighted by Crippen LogP contribution is 2.51. The number of carbonyl (C=O) groups is 3. The molecule has 1 saturated heterocycles. The van der Waals surface area contributed by atoms with E-state index in [-0.39, 0.29) is 23.1 Å². The molecular formula is C20H25N3O3S. The molecule has 1 heterocycles. The second kappa shape index (κ2) is 7.19. The van der Waals surface area contributed by atoms with Crippen LogP contribution in [-0.4, -0.2) is 46.1 Å². The van der Waals surface area contributed by atoms with Crippen molar-refractivity contribution >= 4 is 29.6 Å². The number of thioether (sulfide) groups is 1. The average Bonchev–Trinajstić information content (AvgIpc) is 3.40. The molecule has 2 aliphatic carbocycles. The van der Waals surface area contributed by atoms with E-state index in [0.29, 0.717) is 19.4 Å². The van der Waals surface area contributed by atoms with E-state index in [9.17, 15) is 14.4 Å². The molecule has 1 aromatic carbocycles. The lowest BCUT2D eigenvalue weighted by Gasteiger charge is -2.30. The lowest BCUT2D eigenvalue weighted by Crippen LogP contribution is -2.49. The Morgan fingerprint density at radius 3 is 2.44 bits per heavy atom. The SMILES string of the molecule is O=C(CN1C(=O)NC2(CCCCC2)C1=O)NCC1(Sc2ccccc2)CC1. The summed E-state index contributed by atoms with van der Waals surface area (Å²) in [4.78, 5) is 39.7. The summed E-state index contributed by atoms with van der Waals surface area (Å²) in [5.74, 6) is -0.506. The van der Waals surface area contributed by atoms with E-state index in [4.69, 9.17) is 0 Å². The van der Waals surface area contributed by atoms with Gasteiger partial charge < -0.3 is 10.6 Å². The number of hydrogen-bond acceptors (Lipinski definition) is 4. The maximum Gasteiger partial charge on any atom is 0.325 e. The Balaban J connectivity index is 1.31. The Labute approximate surface area is 163 Å². The highest BCUT2D eigenvalue weighted by molar-refractivity contribution is 8.01. The van der Waals surface area contributed by atoms with Crippen LogP contribution in [0, 0.1) is 0 Å². The predicted molar refractivity (Wildman–Crippen MR) is 103 cm³/mol. The lowest BCUT2D eigenvalue weighted by molar-refractivity contribution is -0.135. The first-order valence-electron chi connectivity index (χ1n) is 9.67. The summed E-state index contributed by atoms with van der Waals surface area (Å²) in [5, 5.41) is 5.78. The number of nitrogens with zero attached hydrogens (tertiary/aromatic N) is 1. The van der Waals surface area contributed by atoms with Crippen LogP contribution in [0.3, 0.4) is 0 Å². The van der Waals surface area contributed by atoms with Gasteiger partial charge in [0.05, 0.1) is 0 Å². The van der Waals surface area contributed by atoms with Crippen LogP contribution in [0.4, 0.5) is 4.79 Å². The van der Waals surface area contributed by atoms with Crippen molar-refractivity contribution in [3.63, 3.8) is 0 Å². The number of hydrogen-bond donors (Lipinski definition) is 2. The van der Waals surface area contributed by atoms with E-state index >= 15 is 0 Å². The molecule has 1 spiro atoms. The monoisotopic (exact) mass is 387 g/mol. The number of benzene rings is 1. The second-order valence-electron chi connectivity index (χ2n) is 7.84. The van der Waals surface area contributed by atoms with Crippen molar-refractivity contribution in [2.24, 2.45) is 0 Å².